The van der Waals surface area contributed by atoms with Crippen molar-refractivity contribution in [3.63, 3.8) is 0 Å². The van der Waals surface area contributed by atoms with E-state index in [0.29, 0.717) is 18.7 Å². The number of hydrogen-bond acceptors (Lipinski definition) is 4. The highest BCUT2D eigenvalue weighted by atomic mass is 16.5. The van der Waals surface area contributed by atoms with Gasteiger partial charge in [0.05, 0.1) is 12.5 Å². The molecule has 0 saturated carbocycles. The maximum atomic E-state index is 12.1. The molecule has 1 unspecified atom stereocenters. The molecule has 1 aromatic rings. The molecule has 116 valence electrons. The summed E-state index contributed by atoms with van der Waals surface area (Å²) in [6.45, 7) is 4.63. The van der Waals surface area contributed by atoms with Crippen molar-refractivity contribution in [3.05, 3.63) is 24.3 Å². The molecule has 0 aliphatic carbocycles. The lowest BCUT2D eigenvalue weighted by atomic mass is 10.0. The molecule has 6 nitrogen and oxygen atoms in total. The van der Waals surface area contributed by atoms with Gasteiger partial charge in [-0.15, -0.1) is 0 Å². The van der Waals surface area contributed by atoms with Crippen molar-refractivity contribution in [2.45, 2.75) is 33.1 Å². The fourth-order valence-corrected chi connectivity index (χ4v) is 1.86. The highest BCUT2D eigenvalue weighted by Crippen LogP contribution is 2.17. The van der Waals surface area contributed by atoms with Crippen LogP contribution in [0.25, 0.3) is 0 Å². The molecular weight excluding hydrogens is 270 g/mol. The number of nitrogens with one attached hydrogen (secondary N) is 1. The van der Waals surface area contributed by atoms with Crippen LogP contribution in [-0.4, -0.2) is 23.6 Å². The second-order valence-corrected chi connectivity index (χ2v) is 4.73. The van der Waals surface area contributed by atoms with E-state index in [-0.39, 0.29) is 11.7 Å². The number of oxime groups is 1. The van der Waals surface area contributed by atoms with Crippen LogP contribution < -0.4 is 15.8 Å². The smallest absolute Gasteiger partial charge is 0.235 e. The average molecular weight is 293 g/mol. The molecule has 0 heterocycles. The maximum Gasteiger partial charge on any atom is 0.235 e. The number of nitrogens with zero attached hydrogens (tertiary/aromatic N) is 1. The third-order valence-electron chi connectivity index (χ3n) is 2.96. The molecular formula is C15H23N3O3. The van der Waals surface area contributed by atoms with Gasteiger partial charge in [-0.05, 0) is 37.1 Å². The van der Waals surface area contributed by atoms with Crippen LogP contribution in [-0.2, 0) is 4.79 Å². The van der Waals surface area contributed by atoms with Crippen LogP contribution in [0.4, 0.5) is 5.69 Å². The van der Waals surface area contributed by atoms with Crippen molar-refractivity contribution in [1.82, 2.24) is 0 Å². The number of nitrogens with two attached hydrogens (primary N) is 1. The van der Waals surface area contributed by atoms with Gasteiger partial charge < -0.3 is 21.0 Å². The Morgan fingerprint density at radius 3 is 2.52 bits per heavy atom. The molecule has 0 bridgehead atoms. The van der Waals surface area contributed by atoms with E-state index in [1.807, 2.05) is 13.8 Å². The van der Waals surface area contributed by atoms with Crippen molar-refractivity contribution in [1.29, 1.82) is 0 Å². The summed E-state index contributed by atoms with van der Waals surface area (Å²) in [5.41, 5.74) is 6.20. The average Bonchev–Trinajstić information content (AvgIpc) is 2.51. The van der Waals surface area contributed by atoms with Gasteiger partial charge in [-0.2, -0.15) is 0 Å². The predicted octanol–water partition coefficient (Wildman–Crippen LogP) is 2.58. The molecule has 1 atom stereocenters. The SMILES string of the molecule is CCCOc1ccc(NC(=O)C(CCC)C(N)=NO)cc1. The number of amidine groups is 1. The van der Waals surface area contributed by atoms with Gasteiger partial charge >= 0.3 is 0 Å². The van der Waals surface area contributed by atoms with Crippen molar-refractivity contribution >= 4 is 17.4 Å². The van der Waals surface area contributed by atoms with Crippen LogP contribution in [0.5, 0.6) is 5.75 Å². The van der Waals surface area contributed by atoms with Gasteiger partial charge in [0, 0.05) is 5.69 Å². The number of benzene rings is 1. The summed E-state index contributed by atoms with van der Waals surface area (Å²) >= 11 is 0. The number of carbonyl (C=O) groups excluding carboxylic acids is 1. The normalized spacial score (nSPS) is 12.8. The Kier molecular flexibility index (Phi) is 7.08. The fraction of sp³-hybridized carbons (Fsp3) is 0.467. The minimum Gasteiger partial charge on any atom is -0.494 e. The van der Waals surface area contributed by atoms with Gasteiger partial charge in [-0.1, -0.05) is 25.4 Å². The minimum absolute atomic E-state index is 0.0720. The van der Waals surface area contributed by atoms with E-state index >= 15 is 0 Å². The standard InChI is InChI=1S/C15H23N3O3/c1-3-5-13(14(16)18-20)15(19)17-11-6-8-12(9-7-11)21-10-4-2/h6-9,13,20H,3-5,10H2,1-2H3,(H2,16,18)(H,17,19). The third-order valence-corrected chi connectivity index (χ3v) is 2.96. The molecule has 1 rings (SSSR count). The summed E-state index contributed by atoms with van der Waals surface area (Å²) < 4.78 is 5.47. The quantitative estimate of drug-likeness (QED) is 0.297. The number of amides is 1. The largest absolute Gasteiger partial charge is 0.494 e. The molecule has 21 heavy (non-hydrogen) atoms. The molecule has 6 heteroatoms. The Balaban J connectivity index is 2.68. The molecule has 0 fully saturated rings. The summed E-state index contributed by atoms with van der Waals surface area (Å²) in [5.74, 6) is -0.223. The lowest BCUT2D eigenvalue weighted by Crippen LogP contribution is -2.34. The van der Waals surface area contributed by atoms with Gasteiger partial charge in [0.1, 0.15) is 5.75 Å². The molecule has 4 N–H and O–H groups in total. The lowest BCUT2D eigenvalue weighted by Gasteiger charge is -2.15. The van der Waals surface area contributed by atoms with E-state index in [1.54, 1.807) is 24.3 Å². The first-order chi connectivity index (χ1) is 10.1. The number of ether oxygens (including phenoxy) is 1. The second-order valence-electron chi connectivity index (χ2n) is 4.73. The van der Waals surface area contributed by atoms with E-state index in [2.05, 4.69) is 10.5 Å². The van der Waals surface area contributed by atoms with Crippen LogP contribution >= 0.6 is 0 Å². The van der Waals surface area contributed by atoms with Gasteiger partial charge in [-0.25, -0.2) is 0 Å². The number of hydrogen-bond donors (Lipinski definition) is 3. The molecule has 0 aromatic heterocycles. The summed E-state index contributed by atoms with van der Waals surface area (Å²) in [7, 11) is 0. The third kappa shape index (κ3) is 5.33. The number of anilines is 1. The summed E-state index contributed by atoms with van der Waals surface area (Å²) in [6.07, 6.45) is 2.23. The van der Waals surface area contributed by atoms with Crippen LogP contribution in [0, 0.1) is 5.92 Å². The van der Waals surface area contributed by atoms with Crippen molar-refractivity contribution in [3.8, 4) is 5.75 Å². The summed E-state index contributed by atoms with van der Waals surface area (Å²) in [4.78, 5) is 12.1. The van der Waals surface area contributed by atoms with Crippen LogP contribution in [0.3, 0.4) is 0 Å². The van der Waals surface area contributed by atoms with Gasteiger partial charge in [0.2, 0.25) is 5.91 Å². The highest BCUT2D eigenvalue weighted by Gasteiger charge is 2.22. The maximum absolute atomic E-state index is 12.1. The van der Waals surface area contributed by atoms with Gasteiger partial charge in [-0.3, -0.25) is 4.79 Å². The van der Waals surface area contributed by atoms with Crippen molar-refractivity contribution in [2.24, 2.45) is 16.8 Å². The Morgan fingerprint density at radius 1 is 1.33 bits per heavy atom. The first-order valence-electron chi connectivity index (χ1n) is 7.13. The Morgan fingerprint density at radius 2 is 2.00 bits per heavy atom. The Bertz CT molecular complexity index is 472. The number of rotatable bonds is 8. The molecule has 0 aliphatic heterocycles. The zero-order chi connectivity index (χ0) is 15.7. The highest BCUT2D eigenvalue weighted by molar-refractivity contribution is 6.07. The monoisotopic (exact) mass is 293 g/mol. The minimum atomic E-state index is -0.629. The van der Waals surface area contributed by atoms with E-state index in [9.17, 15) is 4.79 Å². The van der Waals surface area contributed by atoms with Crippen LogP contribution in [0.1, 0.15) is 33.1 Å². The van der Waals surface area contributed by atoms with Crippen LogP contribution in [0.15, 0.2) is 29.4 Å². The Hall–Kier alpha value is -2.24. The van der Waals surface area contributed by atoms with E-state index < -0.39 is 5.92 Å². The molecule has 1 aromatic carbocycles. The zero-order valence-corrected chi connectivity index (χ0v) is 12.5. The lowest BCUT2D eigenvalue weighted by molar-refractivity contribution is -0.118. The predicted molar refractivity (Wildman–Crippen MR) is 82.7 cm³/mol. The van der Waals surface area contributed by atoms with E-state index in [0.717, 1.165) is 18.6 Å². The zero-order valence-electron chi connectivity index (χ0n) is 12.5. The van der Waals surface area contributed by atoms with Crippen molar-refractivity contribution in [2.75, 3.05) is 11.9 Å². The van der Waals surface area contributed by atoms with Crippen LogP contribution in [0.2, 0.25) is 0 Å². The van der Waals surface area contributed by atoms with Crippen molar-refractivity contribution < 1.29 is 14.7 Å². The topological polar surface area (TPSA) is 96.9 Å². The summed E-state index contributed by atoms with van der Waals surface area (Å²) in [5, 5.41) is 14.4. The van der Waals surface area contributed by atoms with E-state index in [4.69, 9.17) is 15.7 Å². The first-order valence-corrected chi connectivity index (χ1v) is 7.13. The molecule has 0 radical (unpaired) electrons. The first kappa shape index (κ1) is 16.8. The summed E-state index contributed by atoms with van der Waals surface area (Å²) in [6, 6.07) is 7.11. The second kappa shape index (κ2) is 8.84. The molecule has 1 amide bonds. The fourth-order valence-electron chi connectivity index (χ4n) is 1.86. The molecule has 0 aliphatic rings. The van der Waals surface area contributed by atoms with Gasteiger partial charge in [0.15, 0.2) is 5.84 Å². The Labute approximate surface area is 125 Å². The van der Waals surface area contributed by atoms with Gasteiger partial charge in [0.25, 0.3) is 0 Å². The molecule has 0 spiro atoms. The van der Waals surface area contributed by atoms with E-state index in [1.165, 1.54) is 0 Å². The number of carbonyl (C=O) groups is 1. The molecule has 0 saturated heterocycles.